The van der Waals surface area contributed by atoms with Gasteiger partial charge in [0.05, 0.1) is 6.04 Å². The maximum absolute atomic E-state index is 12.4. The van der Waals surface area contributed by atoms with E-state index in [0.29, 0.717) is 12.8 Å². The third-order valence-electron chi connectivity index (χ3n) is 4.39. The molecule has 0 fully saturated rings. The van der Waals surface area contributed by atoms with Gasteiger partial charge in [0.25, 0.3) is 0 Å². The summed E-state index contributed by atoms with van der Waals surface area (Å²) in [7, 11) is 0. The van der Waals surface area contributed by atoms with E-state index in [2.05, 4.69) is 10.3 Å². The lowest BCUT2D eigenvalue weighted by Gasteiger charge is -2.18. The Balaban J connectivity index is 0.00000261. The van der Waals surface area contributed by atoms with Crippen LogP contribution in [0.3, 0.4) is 0 Å². The molecule has 0 saturated heterocycles. The van der Waals surface area contributed by atoms with E-state index in [1.165, 1.54) is 0 Å². The molecule has 2 atom stereocenters. The number of halogens is 1. The number of fused-ring (bicyclic) bond motifs is 1. The molecule has 7 heteroatoms. The average molecular weight is 387 g/mol. The molecule has 1 heterocycles. The van der Waals surface area contributed by atoms with Crippen molar-refractivity contribution in [2.45, 2.75) is 24.9 Å². The number of nitrogens with two attached hydrogens (primary N) is 2. The van der Waals surface area contributed by atoms with Gasteiger partial charge in [-0.15, -0.1) is 12.4 Å². The van der Waals surface area contributed by atoms with E-state index in [-0.39, 0.29) is 12.4 Å². The van der Waals surface area contributed by atoms with Gasteiger partial charge >= 0.3 is 0 Å². The van der Waals surface area contributed by atoms with Gasteiger partial charge in [0.2, 0.25) is 11.8 Å². The van der Waals surface area contributed by atoms with Crippen LogP contribution in [0.1, 0.15) is 11.1 Å². The lowest BCUT2D eigenvalue weighted by Crippen LogP contribution is -2.51. The van der Waals surface area contributed by atoms with Crippen molar-refractivity contribution >= 4 is 35.1 Å². The predicted octanol–water partition coefficient (Wildman–Crippen LogP) is 1.67. The van der Waals surface area contributed by atoms with Crippen LogP contribution < -0.4 is 16.8 Å². The van der Waals surface area contributed by atoms with Crippen LogP contribution >= 0.6 is 12.4 Å². The number of nitrogens with one attached hydrogen (secondary N) is 2. The van der Waals surface area contributed by atoms with Gasteiger partial charge in [-0.1, -0.05) is 48.5 Å². The standard InChI is InChI=1S/C20H22N4O2.ClH/c21-16(10-13-6-2-1-3-7-13)20(26)24-18(19(22)25)11-14-12-23-17-9-5-4-8-15(14)17;/h1-9,12,16,18,23H,10-11,21H2,(H2,22,25)(H,24,26);1H/t16-,18-;/m0./s1. The third kappa shape index (κ3) is 5.09. The quantitative estimate of drug-likeness (QED) is 0.495. The molecule has 0 unspecified atom stereocenters. The topological polar surface area (TPSA) is 114 Å². The van der Waals surface area contributed by atoms with E-state index in [0.717, 1.165) is 22.0 Å². The lowest BCUT2D eigenvalue weighted by atomic mass is 10.0. The number of hydrogen-bond acceptors (Lipinski definition) is 3. The highest BCUT2D eigenvalue weighted by molar-refractivity contribution is 5.90. The number of carbonyl (C=O) groups excluding carboxylic acids is 2. The van der Waals surface area contributed by atoms with E-state index in [1.807, 2.05) is 60.8 Å². The van der Waals surface area contributed by atoms with E-state index >= 15 is 0 Å². The maximum Gasteiger partial charge on any atom is 0.240 e. The second-order valence-electron chi connectivity index (χ2n) is 6.32. The van der Waals surface area contributed by atoms with Crippen LogP contribution in [0.2, 0.25) is 0 Å². The molecular weight excluding hydrogens is 364 g/mol. The molecule has 0 spiro atoms. The van der Waals surface area contributed by atoms with Gasteiger partial charge in [-0.05, 0) is 23.6 Å². The normalized spacial score (nSPS) is 12.8. The molecule has 1 aromatic heterocycles. The van der Waals surface area contributed by atoms with E-state index in [9.17, 15) is 9.59 Å². The van der Waals surface area contributed by atoms with Crippen molar-refractivity contribution in [3.8, 4) is 0 Å². The van der Waals surface area contributed by atoms with Crippen molar-refractivity contribution in [1.29, 1.82) is 0 Å². The van der Waals surface area contributed by atoms with Gasteiger partial charge in [0.1, 0.15) is 6.04 Å². The molecule has 3 aromatic rings. The van der Waals surface area contributed by atoms with Crippen LogP contribution in [0, 0.1) is 0 Å². The van der Waals surface area contributed by atoms with Gasteiger partial charge in [-0.3, -0.25) is 9.59 Å². The molecule has 6 N–H and O–H groups in total. The van der Waals surface area contributed by atoms with Gasteiger partial charge in [0, 0.05) is 23.5 Å². The molecule has 0 saturated carbocycles. The average Bonchev–Trinajstić information content (AvgIpc) is 3.05. The van der Waals surface area contributed by atoms with Crippen LogP contribution in [0.4, 0.5) is 0 Å². The second kappa shape index (κ2) is 9.21. The highest BCUT2D eigenvalue weighted by Crippen LogP contribution is 2.19. The highest BCUT2D eigenvalue weighted by Gasteiger charge is 2.23. The Hall–Kier alpha value is -2.83. The van der Waals surface area contributed by atoms with Gasteiger partial charge in [-0.2, -0.15) is 0 Å². The van der Waals surface area contributed by atoms with Crippen molar-refractivity contribution in [1.82, 2.24) is 10.3 Å². The van der Waals surface area contributed by atoms with Crippen LogP contribution in [0.25, 0.3) is 10.9 Å². The number of aromatic nitrogens is 1. The number of rotatable bonds is 7. The Bertz CT molecular complexity index is 911. The molecule has 0 radical (unpaired) electrons. The molecule has 6 nitrogen and oxygen atoms in total. The number of benzene rings is 2. The number of primary amides is 1. The number of H-pyrrole nitrogens is 1. The van der Waals surface area contributed by atoms with Crippen LogP contribution in [-0.2, 0) is 22.4 Å². The first-order valence-corrected chi connectivity index (χ1v) is 8.49. The molecule has 0 aliphatic heterocycles. The Morgan fingerprint density at radius 1 is 1.00 bits per heavy atom. The van der Waals surface area contributed by atoms with Gasteiger partial charge in [-0.25, -0.2) is 0 Å². The minimum atomic E-state index is -0.816. The molecule has 0 aliphatic carbocycles. The van der Waals surface area contributed by atoms with Crippen LogP contribution in [0.5, 0.6) is 0 Å². The Morgan fingerprint density at radius 2 is 1.67 bits per heavy atom. The van der Waals surface area contributed by atoms with Crippen molar-refractivity contribution in [3.05, 3.63) is 71.9 Å². The first kappa shape index (κ1) is 20.5. The zero-order chi connectivity index (χ0) is 18.5. The molecule has 3 rings (SSSR count). The fourth-order valence-electron chi connectivity index (χ4n) is 2.98. The summed E-state index contributed by atoms with van der Waals surface area (Å²) in [6.45, 7) is 0. The SMILES string of the molecule is Cl.NC(=O)[C@H](Cc1c[nH]c2ccccc12)NC(=O)[C@@H](N)Cc1ccccc1. The van der Waals surface area contributed by atoms with E-state index < -0.39 is 23.9 Å². The molecular formula is C20H23ClN4O2. The van der Waals surface area contributed by atoms with E-state index in [1.54, 1.807) is 0 Å². The zero-order valence-corrected chi connectivity index (χ0v) is 15.5. The fraction of sp³-hybridized carbons (Fsp3) is 0.200. The Labute approximate surface area is 163 Å². The van der Waals surface area contributed by atoms with Crippen molar-refractivity contribution in [3.63, 3.8) is 0 Å². The first-order valence-electron chi connectivity index (χ1n) is 8.49. The summed E-state index contributed by atoms with van der Waals surface area (Å²) in [5.74, 6) is -0.979. The summed E-state index contributed by atoms with van der Waals surface area (Å²) >= 11 is 0. The summed E-state index contributed by atoms with van der Waals surface area (Å²) in [6.07, 6.45) is 2.53. The van der Waals surface area contributed by atoms with Crippen LogP contribution in [-0.4, -0.2) is 28.9 Å². The monoisotopic (exact) mass is 386 g/mol. The first-order chi connectivity index (χ1) is 12.5. The molecule has 0 aliphatic rings. The Kier molecular flexibility index (Phi) is 6.98. The predicted molar refractivity (Wildman–Crippen MR) is 108 cm³/mol. The molecule has 0 bridgehead atoms. The number of para-hydroxylation sites is 1. The molecule has 2 amide bonds. The number of hydrogen-bond donors (Lipinski definition) is 4. The minimum absolute atomic E-state index is 0. The summed E-state index contributed by atoms with van der Waals surface area (Å²) in [6, 6.07) is 15.7. The summed E-state index contributed by atoms with van der Waals surface area (Å²) in [5, 5.41) is 3.69. The number of carbonyl (C=O) groups is 2. The maximum atomic E-state index is 12.4. The number of aromatic amines is 1. The molecule has 2 aromatic carbocycles. The Morgan fingerprint density at radius 3 is 2.37 bits per heavy atom. The summed E-state index contributed by atoms with van der Waals surface area (Å²) < 4.78 is 0. The van der Waals surface area contributed by atoms with Crippen molar-refractivity contribution in [2.24, 2.45) is 11.5 Å². The second-order valence-corrected chi connectivity index (χ2v) is 6.32. The lowest BCUT2D eigenvalue weighted by molar-refractivity contribution is -0.128. The number of amides is 2. The summed E-state index contributed by atoms with van der Waals surface area (Å²) in [4.78, 5) is 27.4. The van der Waals surface area contributed by atoms with E-state index in [4.69, 9.17) is 11.5 Å². The molecule has 142 valence electrons. The van der Waals surface area contributed by atoms with Crippen molar-refractivity contribution in [2.75, 3.05) is 0 Å². The summed E-state index contributed by atoms with van der Waals surface area (Å²) in [5.41, 5.74) is 14.3. The van der Waals surface area contributed by atoms with Gasteiger partial charge < -0.3 is 21.8 Å². The third-order valence-corrected chi connectivity index (χ3v) is 4.39. The smallest absolute Gasteiger partial charge is 0.240 e. The van der Waals surface area contributed by atoms with Gasteiger partial charge in [0.15, 0.2) is 0 Å². The fourth-order valence-corrected chi connectivity index (χ4v) is 2.98. The van der Waals surface area contributed by atoms with Crippen molar-refractivity contribution < 1.29 is 9.59 Å². The molecule has 27 heavy (non-hydrogen) atoms. The highest BCUT2D eigenvalue weighted by atomic mass is 35.5. The zero-order valence-electron chi connectivity index (χ0n) is 14.7. The largest absolute Gasteiger partial charge is 0.368 e. The van der Waals surface area contributed by atoms with Crippen LogP contribution in [0.15, 0.2) is 60.8 Å². The minimum Gasteiger partial charge on any atom is -0.368 e.